The number of nitrogens with zero attached hydrogens (tertiary/aromatic N) is 2. The zero-order chi connectivity index (χ0) is 24.4. The fourth-order valence-corrected chi connectivity index (χ4v) is 4.98. The van der Waals surface area contributed by atoms with E-state index in [4.69, 9.17) is 4.74 Å². The summed E-state index contributed by atoms with van der Waals surface area (Å²) in [5, 5.41) is 11.4. The molecule has 0 radical (unpaired) electrons. The fraction of sp³-hybridized carbons (Fsp3) is 0.269. The number of carbonyl (C=O) groups excluding carboxylic acids is 2. The molecule has 2 aromatic carbocycles. The maximum Gasteiger partial charge on any atom is 0.290 e. The van der Waals surface area contributed by atoms with E-state index in [0.717, 1.165) is 5.56 Å². The quantitative estimate of drug-likeness (QED) is 0.445. The maximum absolute atomic E-state index is 14.9. The smallest absolute Gasteiger partial charge is 0.290 e. The molecule has 0 fully saturated rings. The lowest BCUT2D eigenvalue weighted by molar-refractivity contribution is -0.130. The Morgan fingerprint density at radius 3 is 2.53 bits per heavy atom. The molecule has 0 spiro atoms. The lowest BCUT2D eigenvalue weighted by Gasteiger charge is -2.27. The Labute approximate surface area is 201 Å². The van der Waals surface area contributed by atoms with Gasteiger partial charge in [-0.3, -0.25) is 9.59 Å². The van der Waals surface area contributed by atoms with Crippen LogP contribution in [0.5, 0.6) is 0 Å². The van der Waals surface area contributed by atoms with Crippen molar-refractivity contribution < 1.29 is 23.8 Å². The van der Waals surface area contributed by atoms with Crippen LogP contribution in [-0.2, 0) is 9.53 Å². The highest BCUT2D eigenvalue weighted by Gasteiger charge is 2.45. The number of Topliss-reactive ketones (excluding diaryl/α,β-unsaturated/α-hetero) is 1. The number of aliphatic hydroxyl groups is 1. The minimum Gasteiger partial charge on any atom is -0.503 e. The third-order valence-electron chi connectivity index (χ3n) is 5.56. The highest BCUT2D eigenvalue weighted by atomic mass is 32.1. The molecule has 0 saturated carbocycles. The van der Waals surface area contributed by atoms with Crippen LogP contribution in [-0.4, -0.2) is 45.9 Å². The number of ketones is 1. The lowest BCUT2D eigenvalue weighted by atomic mass is 9.94. The van der Waals surface area contributed by atoms with Gasteiger partial charge in [0.25, 0.3) is 5.91 Å². The summed E-state index contributed by atoms with van der Waals surface area (Å²) in [6, 6.07) is 14.3. The second-order valence-electron chi connectivity index (χ2n) is 8.23. The SMILES string of the molecule is Cc1nc(-c2ccccc2)sc1C(=O)C1=C(O)C(=O)N(CCOC(C)C)C1c1ccccc1F. The number of ether oxygens (including phenoxy) is 1. The zero-order valence-electron chi connectivity index (χ0n) is 19.1. The van der Waals surface area contributed by atoms with E-state index in [9.17, 15) is 19.1 Å². The van der Waals surface area contributed by atoms with E-state index in [2.05, 4.69) is 4.98 Å². The van der Waals surface area contributed by atoms with Gasteiger partial charge in [-0.05, 0) is 26.8 Å². The van der Waals surface area contributed by atoms with Crippen LogP contribution >= 0.6 is 11.3 Å². The number of aromatic nitrogens is 1. The minimum absolute atomic E-state index is 0.0662. The van der Waals surface area contributed by atoms with Gasteiger partial charge in [-0.1, -0.05) is 48.5 Å². The van der Waals surface area contributed by atoms with E-state index >= 15 is 0 Å². The van der Waals surface area contributed by atoms with Gasteiger partial charge in [0.1, 0.15) is 10.8 Å². The van der Waals surface area contributed by atoms with E-state index in [1.807, 2.05) is 44.2 Å². The van der Waals surface area contributed by atoms with Gasteiger partial charge in [0.05, 0.1) is 34.9 Å². The second-order valence-corrected chi connectivity index (χ2v) is 9.23. The maximum atomic E-state index is 14.9. The number of amides is 1. The molecule has 3 aromatic rings. The van der Waals surface area contributed by atoms with Gasteiger partial charge in [0, 0.05) is 17.7 Å². The molecular weight excluding hydrogens is 455 g/mol. The number of hydrogen-bond donors (Lipinski definition) is 1. The molecule has 6 nitrogen and oxygen atoms in total. The molecule has 4 rings (SSSR count). The molecule has 8 heteroatoms. The summed E-state index contributed by atoms with van der Waals surface area (Å²) in [4.78, 5) is 32.8. The van der Waals surface area contributed by atoms with Crippen molar-refractivity contribution in [2.45, 2.75) is 32.9 Å². The van der Waals surface area contributed by atoms with Crippen LogP contribution in [0, 0.1) is 12.7 Å². The largest absolute Gasteiger partial charge is 0.503 e. The van der Waals surface area contributed by atoms with Crippen molar-refractivity contribution in [2.24, 2.45) is 0 Å². The summed E-state index contributed by atoms with van der Waals surface area (Å²) in [6.45, 7) is 5.70. The molecule has 1 amide bonds. The molecule has 1 atom stereocenters. The van der Waals surface area contributed by atoms with E-state index in [1.54, 1.807) is 13.0 Å². The minimum atomic E-state index is -1.07. The Bertz CT molecular complexity index is 1250. The Morgan fingerprint density at radius 2 is 1.85 bits per heavy atom. The molecule has 176 valence electrons. The van der Waals surface area contributed by atoms with Crippen molar-refractivity contribution in [2.75, 3.05) is 13.2 Å². The van der Waals surface area contributed by atoms with Gasteiger partial charge in [-0.25, -0.2) is 9.37 Å². The molecular formula is C26H25FN2O4S. The summed E-state index contributed by atoms with van der Waals surface area (Å²) in [5.74, 6) is -2.50. The summed E-state index contributed by atoms with van der Waals surface area (Å²) < 4.78 is 20.4. The number of aryl methyl sites for hydroxylation is 1. The van der Waals surface area contributed by atoms with Crippen LogP contribution in [0.1, 0.15) is 40.8 Å². The van der Waals surface area contributed by atoms with Crippen LogP contribution in [0.15, 0.2) is 65.9 Å². The first kappa shape index (κ1) is 23.8. The molecule has 0 bridgehead atoms. The molecule has 1 N–H and O–H groups in total. The number of hydrogen-bond acceptors (Lipinski definition) is 6. The monoisotopic (exact) mass is 480 g/mol. The van der Waals surface area contributed by atoms with E-state index < -0.39 is 29.3 Å². The summed E-state index contributed by atoms with van der Waals surface area (Å²) in [6.07, 6.45) is -0.0662. The number of aliphatic hydroxyl groups excluding tert-OH is 1. The molecule has 34 heavy (non-hydrogen) atoms. The first-order valence-corrected chi connectivity index (χ1v) is 11.8. The Kier molecular flexibility index (Phi) is 6.90. The van der Waals surface area contributed by atoms with Gasteiger partial charge >= 0.3 is 0 Å². The topological polar surface area (TPSA) is 79.7 Å². The van der Waals surface area contributed by atoms with Gasteiger partial charge in [-0.2, -0.15) is 0 Å². The normalized spacial score (nSPS) is 16.1. The number of carbonyl (C=O) groups is 2. The average molecular weight is 481 g/mol. The Morgan fingerprint density at radius 1 is 1.18 bits per heavy atom. The molecule has 0 aliphatic carbocycles. The van der Waals surface area contributed by atoms with Gasteiger partial charge in [0.2, 0.25) is 5.78 Å². The second kappa shape index (κ2) is 9.87. The summed E-state index contributed by atoms with van der Waals surface area (Å²) in [7, 11) is 0. The first-order valence-electron chi connectivity index (χ1n) is 11.0. The van der Waals surface area contributed by atoms with Crippen molar-refractivity contribution >= 4 is 23.0 Å². The van der Waals surface area contributed by atoms with Crippen molar-refractivity contribution in [1.29, 1.82) is 0 Å². The Balaban J connectivity index is 1.75. The lowest BCUT2D eigenvalue weighted by Crippen LogP contribution is -2.35. The molecule has 0 saturated heterocycles. The highest BCUT2D eigenvalue weighted by Crippen LogP contribution is 2.41. The standard InChI is InChI=1S/C26H25FN2O4S/c1-15(2)33-14-13-29-21(18-11-7-8-12-19(18)27)20(23(31)26(29)32)22(30)24-16(3)28-25(34-24)17-9-5-4-6-10-17/h4-12,15,21,31H,13-14H2,1-3H3. The van der Waals surface area contributed by atoms with E-state index in [1.165, 1.54) is 34.4 Å². The molecule has 2 heterocycles. The van der Waals surface area contributed by atoms with Gasteiger partial charge in [0.15, 0.2) is 5.76 Å². The Hall–Kier alpha value is -3.36. The number of halogens is 1. The molecule has 1 unspecified atom stereocenters. The van der Waals surface area contributed by atoms with Crippen molar-refractivity contribution in [3.8, 4) is 10.6 Å². The fourth-order valence-electron chi connectivity index (χ4n) is 3.96. The van der Waals surface area contributed by atoms with Crippen LogP contribution in [0.3, 0.4) is 0 Å². The third-order valence-corrected chi connectivity index (χ3v) is 6.76. The van der Waals surface area contributed by atoms with Gasteiger partial charge < -0.3 is 14.7 Å². The number of benzene rings is 2. The zero-order valence-corrected chi connectivity index (χ0v) is 19.9. The number of rotatable bonds is 8. The molecule has 1 aliphatic heterocycles. The highest BCUT2D eigenvalue weighted by molar-refractivity contribution is 7.17. The number of thiazole rings is 1. The van der Waals surface area contributed by atoms with Crippen LogP contribution in [0.2, 0.25) is 0 Å². The van der Waals surface area contributed by atoms with E-state index in [-0.39, 0.29) is 30.4 Å². The summed E-state index contributed by atoms with van der Waals surface area (Å²) in [5.41, 5.74) is 1.33. The van der Waals surface area contributed by atoms with E-state index in [0.29, 0.717) is 15.6 Å². The predicted molar refractivity (Wildman–Crippen MR) is 128 cm³/mol. The van der Waals surface area contributed by atoms with Crippen LogP contribution in [0.25, 0.3) is 10.6 Å². The van der Waals surface area contributed by atoms with Gasteiger partial charge in [-0.15, -0.1) is 11.3 Å². The predicted octanol–water partition coefficient (Wildman–Crippen LogP) is 5.26. The molecule has 1 aromatic heterocycles. The molecule has 1 aliphatic rings. The average Bonchev–Trinajstić information content (AvgIpc) is 3.32. The van der Waals surface area contributed by atoms with Crippen molar-refractivity contribution in [3.63, 3.8) is 0 Å². The van der Waals surface area contributed by atoms with Crippen LogP contribution < -0.4 is 0 Å². The van der Waals surface area contributed by atoms with Crippen molar-refractivity contribution in [1.82, 2.24) is 9.88 Å². The summed E-state index contributed by atoms with van der Waals surface area (Å²) >= 11 is 1.18. The third kappa shape index (κ3) is 4.51. The van der Waals surface area contributed by atoms with Crippen LogP contribution in [0.4, 0.5) is 4.39 Å². The first-order chi connectivity index (χ1) is 16.3. The van der Waals surface area contributed by atoms with Crippen molar-refractivity contribution in [3.05, 3.63) is 87.9 Å².